The molecule has 1 spiro atoms. The molecule has 3 rings (SSSR count). The Morgan fingerprint density at radius 3 is 2.70 bits per heavy atom. The maximum atomic E-state index is 6.05. The monoisotopic (exact) mass is 495 g/mol. The highest BCUT2D eigenvalue weighted by Gasteiger charge is 2.55. The van der Waals surface area contributed by atoms with Gasteiger partial charge in [0.1, 0.15) is 0 Å². The molecular weight excluding hydrogens is 457 g/mol. The first-order valence-electron chi connectivity index (χ1n) is 10.6. The van der Waals surface area contributed by atoms with Crippen molar-refractivity contribution in [3.63, 3.8) is 0 Å². The lowest BCUT2D eigenvalue weighted by Gasteiger charge is -2.57. The van der Waals surface area contributed by atoms with Crippen molar-refractivity contribution in [3.8, 4) is 0 Å². The fourth-order valence-corrected chi connectivity index (χ4v) is 4.86. The van der Waals surface area contributed by atoms with E-state index in [1.807, 2.05) is 7.05 Å². The molecule has 0 bridgehead atoms. The van der Waals surface area contributed by atoms with Gasteiger partial charge < -0.3 is 24.8 Å². The van der Waals surface area contributed by atoms with Crippen LogP contribution in [0.1, 0.15) is 58.3 Å². The summed E-state index contributed by atoms with van der Waals surface area (Å²) in [6.45, 7) is 5.95. The Morgan fingerprint density at radius 1 is 1.22 bits per heavy atom. The summed E-state index contributed by atoms with van der Waals surface area (Å²) >= 11 is 0. The summed E-state index contributed by atoms with van der Waals surface area (Å²) in [4.78, 5) is 4.41. The average Bonchev–Trinajstić information content (AvgIpc) is 3.19. The molecule has 2 aliphatic carbocycles. The molecule has 2 saturated carbocycles. The second-order valence-electron chi connectivity index (χ2n) is 7.88. The summed E-state index contributed by atoms with van der Waals surface area (Å²) in [7, 11) is 1.84. The lowest BCUT2D eigenvalue weighted by atomic mass is 9.55. The fraction of sp³-hybridized carbons (Fsp3) is 0.950. The van der Waals surface area contributed by atoms with E-state index >= 15 is 0 Å². The van der Waals surface area contributed by atoms with Crippen molar-refractivity contribution in [3.05, 3.63) is 0 Å². The Kier molecular flexibility index (Phi) is 10.1. The summed E-state index contributed by atoms with van der Waals surface area (Å²) in [6.07, 6.45) is 10.6. The highest BCUT2D eigenvalue weighted by molar-refractivity contribution is 14.0. The Morgan fingerprint density at radius 2 is 2.04 bits per heavy atom. The summed E-state index contributed by atoms with van der Waals surface area (Å²) in [6, 6.07) is 0.471. The third kappa shape index (κ3) is 5.93. The Bertz CT molecular complexity index is 452. The molecule has 3 fully saturated rings. The number of halogens is 1. The molecule has 27 heavy (non-hydrogen) atoms. The Balaban J connectivity index is 0.00000261. The minimum atomic E-state index is 0. The van der Waals surface area contributed by atoms with Crippen molar-refractivity contribution in [2.45, 2.75) is 76.5 Å². The summed E-state index contributed by atoms with van der Waals surface area (Å²) in [5, 5.41) is 7.06. The van der Waals surface area contributed by atoms with E-state index in [-0.39, 0.29) is 24.0 Å². The van der Waals surface area contributed by atoms with E-state index in [0.29, 0.717) is 36.9 Å². The molecule has 6 nitrogen and oxygen atoms in total. The molecule has 158 valence electrons. The predicted octanol–water partition coefficient (Wildman–Crippen LogP) is 3.09. The minimum Gasteiger partial charge on any atom is -0.378 e. The van der Waals surface area contributed by atoms with Gasteiger partial charge in [-0.1, -0.05) is 19.3 Å². The molecule has 0 aromatic heterocycles. The van der Waals surface area contributed by atoms with Crippen LogP contribution in [0.3, 0.4) is 0 Å². The first kappa shape index (κ1) is 23.2. The number of nitrogens with zero attached hydrogens (tertiary/aromatic N) is 1. The molecule has 0 amide bonds. The van der Waals surface area contributed by atoms with Gasteiger partial charge in [0.25, 0.3) is 0 Å². The lowest BCUT2D eigenvalue weighted by Crippen LogP contribution is -2.66. The first-order valence-corrected chi connectivity index (χ1v) is 10.6. The van der Waals surface area contributed by atoms with Gasteiger partial charge in [-0.3, -0.25) is 4.99 Å². The summed E-state index contributed by atoms with van der Waals surface area (Å²) in [5.74, 6) is 0.885. The Hall–Kier alpha value is -0.120. The number of ether oxygens (including phenoxy) is 3. The third-order valence-electron chi connectivity index (χ3n) is 6.34. The fourth-order valence-electron chi connectivity index (χ4n) is 4.86. The first-order chi connectivity index (χ1) is 12.8. The van der Waals surface area contributed by atoms with Crippen molar-refractivity contribution >= 4 is 29.9 Å². The predicted molar refractivity (Wildman–Crippen MR) is 119 cm³/mol. The molecule has 3 unspecified atom stereocenters. The number of rotatable bonds is 8. The van der Waals surface area contributed by atoms with Gasteiger partial charge in [0, 0.05) is 38.3 Å². The second kappa shape index (κ2) is 11.8. The topological polar surface area (TPSA) is 64.1 Å². The quantitative estimate of drug-likeness (QED) is 0.235. The van der Waals surface area contributed by atoms with Gasteiger partial charge in [-0.2, -0.15) is 0 Å². The molecule has 1 aliphatic heterocycles. The van der Waals surface area contributed by atoms with E-state index in [1.54, 1.807) is 0 Å². The molecule has 1 heterocycles. The van der Waals surface area contributed by atoms with Crippen LogP contribution >= 0.6 is 24.0 Å². The van der Waals surface area contributed by atoms with E-state index in [0.717, 1.165) is 45.0 Å². The van der Waals surface area contributed by atoms with Crippen molar-refractivity contribution in [1.29, 1.82) is 0 Å². The van der Waals surface area contributed by atoms with Crippen molar-refractivity contribution in [1.82, 2.24) is 10.6 Å². The van der Waals surface area contributed by atoms with Crippen molar-refractivity contribution in [2.24, 2.45) is 10.4 Å². The number of nitrogens with one attached hydrogen (secondary N) is 2. The molecular formula is C20H38IN3O3. The van der Waals surface area contributed by atoms with Gasteiger partial charge in [0.2, 0.25) is 0 Å². The molecule has 3 aliphatic rings. The number of guanidine groups is 1. The molecule has 0 radical (unpaired) electrons. The van der Waals surface area contributed by atoms with Gasteiger partial charge in [-0.15, -0.1) is 24.0 Å². The van der Waals surface area contributed by atoms with Crippen LogP contribution < -0.4 is 10.6 Å². The van der Waals surface area contributed by atoms with E-state index < -0.39 is 0 Å². The number of hydrogen-bond donors (Lipinski definition) is 2. The summed E-state index contributed by atoms with van der Waals surface area (Å²) < 4.78 is 17.3. The molecule has 0 aromatic rings. The average molecular weight is 495 g/mol. The van der Waals surface area contributed by atoms with Crippen LogP contribution in [0.4, 0.5) is 0 Å². The van der Waals surface area contributed by atoms with Gasteiger partial charge in [0.15, 0.2) is 5.96 Å². The summed E-state index contributed by atoms with van der Waals surface area (Å²) in [5.41, 5.74) is 0.308. The normalized spacial score (nSPS) is 29.9. The van der Waals surface area contributed by atoms with Crippen LogP contribution in [0.25, 0.3) is 0 Å². The SMILES string of the molecule is CCOC1CC(NC(=NC)NCCOCC2CCCO2)C12CCCCC2.I. The number of hydrogen-bond acceptors (Lipinski definition) is 4. The molecule has 2 N–H and O–H groups in total. The van der Waals surface area contributed by atoms with E-state index in [9.17, 15) is 0 Å². The van der Waals surface area contributed by atoms with Crippen molar-refractivity contribution < 1.29 is 14.2 Å². The lowest BCUT2D eigenvalue weighted by molar-refractivity contribution is -0.145. The molecule has 7 heteroatoms. The standard InChI is InChI=1S/C20H37N3O3.HI/c1-3-25-18-14-17(20(18)9-5-4-6-10-20)23-19(21-2)22-11-13-24-15-16-8-7-12-26-16;/h16-18H,3-15H2,1-2H3,(H2,21,22,23);1H. The zero-order valence-corrected chi connectivity index (χ0v) is 19.3. The van der Waals surface area contributed by atoms with Crippen LogP contribution in [0.2, 0.25) is 0 Å². The van der Waals surface area contributed by atoms with Gasteiger partial charge in [0.05, 0.1) is 25.4 Å². The minimum absolute atomic E-state index is 0. The maximum absolute atomic E-state index is 6.05. The second-order valence-corrected chi connectivity index (χ2v) is 7.88. The highest BCUT2D eigenvalue weighted by Crippen LogP contribution is 2.53. The van der Waals surface area contributed by atoms with Crippen molar-refractivity contribution in [2.75, 3.05) is 40.0 Å². The van der Waals surface area contributed by atoms with Gasteiger partial charge >= 0.3 is 0 Å². The zero-order chi connectivity index (χ0) is 18.2. The molecule has 1 saturated heterocycles. The molecule has 0 aromatic carbocycles. The Labute approximate surface area is 181 Å². The van der Waals surface area contributed by atoms with Gasteiger partial charge in [-0.05, 0) is 39.0 Å². The van der Waals surface area contributed by atoms with Gasteiger partial charge in [-0.25, -0.2) is 0 Å². The maximum Gasteiger partial charge on any atom is 0.191 e. The zero-order valence-electron chi connectivity index (χ0n) is 17.0. The van der Waals surface area contributed by atoms with Crippen LogP contribution in [-0.4, -0.2) is 64.2 Å². The van der Waals surface area contributed by atoms with Crippen LogP contribution in [0, 0.1) is 5.41 Å². The van der Waals surface area contributed by atoms with Crippen LogP contribution in [-0.2, 0) is 14.2 Å². The van der Waals surface area contributed by atoms with E-state index in [1.165, 1.54) is 32.1 Å². The smallest absolute Gasteiger partial charge is 0.191 e. The largest absolute Gasteiger partial charge is 0.378 e. The van der Waals surface area contributed by atoms with E-state index in [4.69, 9.17) is 14.2 Å². The van der Waals surface area contributed by atoms with E-state index in [2.05, 4.69) is 22.5 Å². The van der Waals surface area contributed by atoms with Crippen LogP contribution in [0.15, 0.2) is 4.99 Å². The molecule has 3 atom stereocenters. The van der Waals surface area contributed by atoms with Crippen LogP contribution in [0.5, 0.6) is 0 Å². The number of aliphatic imine (C=N–C) groups is 1. The third-order valence-corrected chi connectivity index (χ3v) is 6.34. The highest BCUT2D eigenvalue weighted by atomic mass is 127.